The number of aromatic amines is 1. The molecule has 0 bridgehead atoms. The molecular formula is C13H11N3. The lowest BCUT2D eigenvalue weighted by Crippen LogP contribution is -1.89. The highest BCUT2D eigenvalue weighted by Crippen LogP contribution is 2.20. The van der Waals surface area contributed by atoms with Crippen LogP contribution in [0.25, 0.3) is 10.9 Å². The molecule has 0 aliphatic carbocycles. The number of fused-ring (bicyclic) bond motifs is 1. The molecule has 0 atom stereocenters. The Hall–Kier alpha value is -2.29. The van der Waals surface area contributed by atoms with E-state index in [0.717, 1.165) is 16.9 Å². The Balaban J connectivity index is 1.94. The van der Waals surface area contributed by atoms with E-state index in [1.165, 1.54) is 5.39 Å². The van der Waals surface area contributed by atoms with E-state index in [1.54, 1.807) is 12.4 Å². The van der Waals surface area contributed by atoms with Gasteiger partial charge in [-0.2, -0.15) is 0 Å². The molecule has 2 heterocycles. The van der Waals surface area contributed by atoms with Gasteiger partial charge in [-0.25, -0.2) is 0 Å². The summed E-state index contributed by atoms with van der Waals surface area (Å²) in [5.41, 5.74) is 3.22. The second-order valence-corrected chi connectivity index (χ2v) is 3.65. The third-order valence-electron chi connectivity index (χ3n) is 2.50. The van der Waals surface area contributed by atoms with E-state index in [0.29, 0.717) is 0 Å². The maximum Gasteiger partial charge on any atom is 0.0570 e. The van der Waals surface area contributed by atoms with Crippen LogP contribution < -0.4 is 5.32 Å². The first kappa shape index (κ1) is 8.97. The van der Waals surface area contributed by atoms with E-state index in [4.69, 9.17) is 0 Å². The number of pyridine rings is 1. The van der Waals surface area contributed by atoms with Gasteiger partial charge in [0.05, 0.1) is 11.9 Å². The predicted molar refractivity (Wildman–Crippen MR) is 65.8 cm³/mol. The Morgan fingerprint density at radius 2 is 2.06 bits per heavy atom. The molecule has 0 aliphatic heterocycles. The third-order valence-corrected chi connectivity index (χ3v) is 2.50. The number of nitrogens with zero attached hydrogens (tertiary/aromatic N) is 1. The van der Waals surface area contributed by atoms with Gasteiger partial charge in [0.25, 0.3) is 0 Å². The summed E-state index contributed by atoms with van der Waals surface area (Å²) in [4.78, 5) is 7.23. The van der Waals surface area contributed by atoms with Gasteiger partial charge in [0, 0.05) is 29.0 Å². The van der Waals surface area contributed by atoms with Crippen molar-refractivity contribution in [1.82, 2.24) is 9.97 Å². The summed E-state index contributed by atoms with van der Waals surface area (Å²) in [6, 6.07) is 12.2. The molecule has 0 spiro atoms. The molecule has 0 radical (unpaired) electrons. The zero-order valence-electron chi connectivity index (χ0n) is 8.64. The molecule has 3 heteroatoms. The molecule has 0 amide bonds. The molecule has 78 valence electrons. The van der Waals surface area contributed by atoms with Gasteiger partial charge in [0.1, 0.15) is 0 Å². The summed E-state index contributed by atoms with van der Waals surface area (Å²) in [6.07, 6.45) is 5.51. The molecular weight excluding hydrogens is 198 g/mol. The first-order valence-corrected chi connectivity index (χ1v) is 5.16. The molecule has 0 fully saturated rings. The Morgan fingerprint density at radius 1 is 1.06 bits per heavy atom. The molecule has 3 nitrogen and oxygen atoms in total. The lowest BCUT2D eigenvalue weighted by Gasteiger charge is -2.05. The average Bonchev–Trinajstić information content (AvgIpc) is 2.77. The maximum atomic E-state index is 4.06. The minimum absolute atomic E-state index is 0.998. The van der Waals surface area contributed by atoms with Crippen molar-refractivity contribution in [3.05, 3.63) is 55.0 Å². The summed E-state index contributed by atoms with van der Waals surface area (Å²) in [6.45, 7) is 0. The fourth-order valence-electron chi connectivity index (χ4n) is 1.73. The van der Waals surface area contributed by atoms with E-state index in [-0.39, 0.29) is 0 Å². The van der Waals surface area contributed by atoms with Crippen LogP contribution in [0.4, 0.5) is 11.4 Å². The quantitative estimate of drug-likeness (QED) is 0.679. The van der Waals surface area contributed by atoms with Crippen LogP contribution in [-0.4, -0.2) is 9.97 Å². The smallest absolute Gasteiger partial charge is 0.0570 e. The topological polar surface area (TPSA) is 40.7 Å². The summed E-state index contributed by atoms with van der Waals surface area (Å²) >= 11 is 0. The summed E-state index contributed by atoms with van der Waals surface area (Å²) in [7, 11) is 0. The largest absolute Gasteiger partial charge is 0.361 e. The Kier molecular flexibility index (Phi) is 2.07. The number of hydrogen-bond acceptors (Lipinski definition) is 2. The lowest BCUT2D eigenvalue weighted by atomic mass is 10.2. The van der Waals surface area contributed by atoms with Crippen LogP contribution in [0.2, 0.25) is 0 Å². The van der Waals surface area contributed by atoms with Crippen LogP contribution in [0.5, 0.6) is 0 Å². The predicted octanol–water partition coefficient (Wildman–Crippen LogP) is 3.31. The molecule has 0 unspecified atom stereocenters. The SMILES string of the molecule is c1cncc(Nc2ccc3[nH]ccc3c2)c1. The van der Waals surface area contributed by atoms with Crippen LogP contribution in [0.3, 0.4) is 0 Å². The van der Waals surface area contributed by atoms with Crippen LogP contribution in [0, 0.1) is 0 Å². The Bertz CT molecular complexity index is 599. The highest BCUT2D eigenvalue weighted by molar-refractivity contribution is 5.83. The van der Waals surface area contributed by atoms with Crippen molar-refractivity contribution in [3.63, 3.8) is 0 Å². The molecule has 2 aromatic heterocycles. The van der Waals surface area contributed by atoms with Gasteiger partial charge in [-0.3, -0.25) is 4.98 Å². The van der Waals surface area contributed by atoms with Crippen molar-refractivity contribution in [2.75, 3.05) is 5.32 Å². The summed E-state index contributed by atoms with van der Waals surface area (Å²) < 4.78 is 0. The summed E-state index contributed by atoms with van der Waals surface area (Å²) in [5.74, 6) is 0. The molecule has 3 aromatic rings. The van der Waals surface area contributed by atoms with Crippen molar-refractivity contribution in [3.8, 4) is 0 Å². The first-order valence-electron chi connectivity index (χ1n) is 5.16. The second kappa shape index (κ2) is 3.70. The fourth-order valence-corrected chi connectivity index (χ4v) is 1.73. The van der Waals surface area contributed by atoms with Gasteiger partial charge in [0.2, 0.25) is 0 Å². The van der Waals surface area contributed by atoms with Gasteiger partial charge in [0.15, 0.2) is 0 Å². The van der Waals surface area contributed by atoms with Crippen molar-refractivity contribution < 1.29 is 0 Å². The minimum Gasteiger partial charge on any atom is -0.361 e. The molecule has 0 aliphatic rings. The normalized spacial score (nSPS) is 10.5. The van der Waals surface area contributed by atoms with Gasteiger partial charge >= 0.3 is 0 Å². The number of hydrogen-bond donors (Lipinski definition) is 2. The number of benzene rings is 1. The van der Waals surface area contributed by atoms with E-state index < -0.39 is 0 Å². The Labute approximate surface area is 93.1 Å². The van der Waals surface area contributed by atoms with Crippen LogP contribution in [0.15, 0.2) is 55.0 Å². The van der Waals surface area contributed by atoms with Crippen molar-refractivity contribution >= 4 is 22.3 Å². The number of H-pyrrole nitrogens is 1. The average molecular weight is 209 g/mol. The second-order valence-electron chi connectivity index (χ2n) is 3.65. The Morgan fingerprint density at radius 3 is 2.94 bits per heavy atom. The zero-order valence-corrected chi connectivity index (χ0v) is 8.64. The molecule has 0 saturated carbocycles. The van der Waals surface area contributed by atoms with Crippen LogP contribution >= 0.6 is 0 Å². The molecule has 2 N–H and O–H groups in total. The van der Waals surface area contributed by atoms with Crippen molar-refractivity contribution in [2.24, 2.45) is 0 Å². The highest BCUT2D eigenvalue weighted by Gasteiger charge is 1.97. The lowest BCUT2D eigenvalue weighted by molar-refractivity contribution is 1.32. The monoisotopic (exact) mass is 209 g/mol. The standard InChI is InChI=1S/C13H11N3/c1-2-12(9-14-6-1)16-11-3-4-13-10(8-11)5-7-15-13/h1-9,15-16H. The molecule has 3 rings (SSSR count). The number of rotatable bonds is 2. The van der Waals surface area contributed by atoms with E-state index in [1.807, 2.05) is 24.4 Å². The number of anilines is 2. The van der Waals surface area contributed by atoms with Crippen molar-refractivity contribution in [2.45, 2.75) is 0 Å². The minimum atomic E-state index is 0.998. The molecule has 0 saturated heterocycles. The first-order chi connectivity index (χ1) is 7.92. The van der Waals surface area contributed by atoms with Gasteiger partial charge in [-0.05, 0) is 36.4 Å². The van der Waals surface area contributed by atoms with Crippen LogP contribution in [0.1, 0.15) is 0 Å². The van der Waals surface area contributed by atoms with Gasteiger partial charge < -0.3 is 10.3 Å². The third kappa shape index (κ3) is 1.63. The highest BCUT2D eigenvalue weighted by atomic mass is 14.9. The van der Waals surface area contributed by atoms with Gasteiger partial charge in [-0.1, -0.05) is 0 Å². The fraction of sp³-hybridized carbons (Fsp3) is 0. The van der Waals surface area contributed by atoms with E-state index >= 15 is 0 Å². The summed E-state index contributed by atoms with van der Waals surface area (Å²) in [5, 5.41) is 4.51. The number of nitrogens with one attached hydrogen (secondary N) is 2. The number of aromatic nitrogens is 2. The van der Waals surface area contributed by atoms with Crippen LogP contribution in [-0.2, 0) is 0 Å². The van der Waals surface area contributed by atoms with E-state index in [9.17, 15) is 0 Å². The van der Waals surface area contributed by atoms with Crippen molar-refractivity contribution in [1.29, 1.82) is 0 Å². The molecule has 16 heavy (non-hydrogen) atoms. The van der Waals surface area contributed by atoms with E-state index in [2.05, 4.69) is 33.5 Å². The molecule has 1 aromatic carbocycles. The van der Waals surface area contributed by atoms with Gasteiger partial charge in [-0.15, -0.1) is 0 Å². The zero-order chi connectivity index (χ0) is 10.8. The maximum absolute atomic E-state index is 4.06.